The second-order valence-electron chi connectivity index (χ2n) is 7.29. The van der Waals surface area contributed by atoms with E-state index in [1.54, 1.807) is 0 Å². The van der Waals surface area contributed by atoms with Gasteiger partial charge in [-0.25, -0.2) is 0 Å². The van der Waals surface area contributed by atoms with Crippen LogP contribution in [0.15, 0.2) is 30.3 Å². The summed E-state index contributed by atoms with van der Waals surface area (Å²) < 4.78 is 27.8. The average molecular weight is 380 g/mol. The fourth-order valence-corrected chi connectivity index (χ4v) is 13.6. The van der Waals surface area contributed by atoms with Crippen LogP contribution in [0.3, 0.4) is 0 Å². The summed E-state index contributed by atoms with van der Waals surface area (Å²) in [5.74, 6) is 0. The van der Waals surface area contributed by atoms with Crippen LogP contribution in [0.25, 0.3) is 0 Å². The standard InChI is InChI=1S/C18H25AsO4/c1-2-8-14(9-3-1)19(20-15-10-4-5-11-16(15)21-19)22-17-12-6-7-13-18(17)23-19/h1-3,8-9,15-18H,4-7,10-13H2/t15-,16+,17-,18+. The molecule has 2 heterocycles. The molecule has 5 heteroatoms. The molecule has 23 heavy (non-hydrogen) atoms. The number of hydrogen-bond acceptors (Lipinski definition) is 4. The van der Waals surface area contributed by atoms with E-state index in [9.17, 15) is 0 Å². The molecule has 2 aliphatic carbocycles. The van der Waals surface area contributed by atoms with Gasteiger partial charge < -0.3 is 0 Å². The molecule has 0 amide bonds. The van der Waals surface area contributed by atoms with Crippen LogP contribution >= 0.6 is 0 Å². The normalized spacial score (nSPS) is 42.5. The summed E-state index contributed by atoms with van der Waals surface area (Å²) in [6.07, 6.45) is 9.71. The van der Waals surface area contributed by atoms with E-state index in [1.807, 2.05) is 18.2 Å². The van der Waals surface area contributed by atoms with Crippen molar-refractivity contribution in [3.8, 4) is 0 Å². The van der Waals surface area contributed by atoms with Gasteiger partial charge in [-0.05, 0) is 0 Å². The maximum absolute atomic E-state index is 6.69. The molecule has 0 radical (unpaired) electrons. The van der Waals surface area contributed by atoms with Crippen molar-refractivity contribution in [2.45, 2.75) is 75.8 Å². The molecule has 0 aromatic heterocycles. The van der Waals surface area contributed by atoms with Crippen LogP contribution in [0, 0.1) is 0 Å². The Balaban J connectivity index is 1.60. The minimum atomic E-state index is -4.33. The molecular formula is C18H25AsO4. The number of hydrogen-bond donors (Lipinski definition) is 0. The summed E-state index contributed by atoms with van der Waals surface area (Å²) in [7, 11) is 0. The summed E-state index contributed by atoms with van der Waals surface area (Å²) in [4.78, 5) is 0. The van der Waals surface area contributed by atoms with Crippen molar-refractivity contribution < 1.29 is 14.9 Å². The zero-order chi connectivity index (χ0) is 15.4. The summed E-state index contributed by atoms with van der Waals surface area (Å²) >= 11 is -4.33. The van der Waals surface area contributed by atoms with Crippen molar-refractivity contribution in [1.29, 1.82) is 0 Å². The molecule has 0 unspecified atom stereocenters. The van der Waals surface area contributed by atoms with E-state index in [4.69, 9.17) is 14.9 Å². The van der Waals surface area contributed by atoms with Crippen LogP contribution in [-0.4, -0.2) is 38.2 Å². The van der Waals surface area contributed by atoms with E-state index in [2.05, 4.69) is 12.1 Å². The van der Waals surface area contributed by atoms with Crippen molar-refractivity contribution in [2.75, 3.05) is 0 Å². The Bertz CT molecular complexity index is 524. The fraction of sp³-hybridized carbons (Fsp3) is 0.667. The van der Waals surface area contributed by atoms with Crippen LogP contribution in [0.2, 0.25) is 0 Å². The maximum atomic E-state index is 6.69. The molecule has 4 fully saturated rings. The molecule has 5 rings (SSSR count). The molecule has 4 atom stereocenters. The van der Waals surface area contributed by atoms with E-state index in [0.717, 1.165) is 30.0 Å². The van der Waals surface area contributed by atoms with Gasteiger partial charge in [-0.3, -0.25) is 0 Å². The van der Waals surface area contributed by atoms with Crippen LogP contribution in [0.5, 0.6) is 0 Å². The average Bonchev–Trinajstić information content (AvgIpc) is 3.11. The molecule has 126 valence electrons. The summed E-state index contributed by atoms with van der Waals surface area (Å²) in [6.45, 7) is 0. The van der Waals surface area contributed by atoms with E-state index in [-0.39, 0.29) is 24.4 Å². The molecule has 2 aliphatic heterocycles. The Morgan fingerprint density at radius 3 is 1.39 bits per heavy atom. The molecule has 4 nitrogen and oxygen atoms in total. The molecular weight excluding hydrogens is 355 g/mol. The molecule has 1 aromatic carbocycles. The van der Waals surface area contributed by atoms with E-state index in [1.165, 1.54) is 25.7 Å². The molecule has 2 saturated carbocycles. The van der Waals surface area contributed by atoms with Gasteiger partial charge >= 0.3 is 139 Å². The van der Waals surface area contributed by atoms with Gasteiger partial charge in [0.15, 0.2) is 0 Å². The van der Waals surface area contributed by atoms with Gasteiger partial charge in [-0.15, -0.1) is 0 Å². The summed E-state index contributed by atoms with van der Waals surface area (Å²) in [5, 5.41) is 0. The predicted octanol–water partition coefficient (Wildman–Crippen LogP) is 3.00. The number of benzene rings is 1. The van der Waals surface area contributed by atoms with Gasteiger partial charge in [0, 0.05) is 0 Å². The Morgan fingerprint density at radius 1 is 0.609 bits per heavy atom. The van der Waals surface area contributed by atoms with Crippen molar-refractivity contribution in [2.24, 2.45) is 0 Å². The zero-order valence-electron chi connectivity index (χ0n) is 13.4. The van der Waals surface area contributed by atoms with Gasteiger partial charge in [-0.2, -0.15) is 0 Å². The minimum absolute atomic E-state index is 0.148. The third-order valence-corrected chi connectivity index (χ3v) is 13.4. The van der Waals surface area contributed by atoms with Gasteiger partial charge in [0.25, 0.3) is 0 Å². The first-order chi connectivity index (χ1) is 11.3. The predicted molar refractivity (Wildman–Crippen MR) is 88.3 cm³/mol. The monoisotopic (exact) mass is 380 g/mol. The number of rotatable bonds is 1. The zero-order valence-corrected chi connectivity index (χ0v) is 15.3. The first kappa shape index (κ1) is 14.9. The molecule has 0 N–H and O–H groups in total. The van der Waals surface area contributed by atoms with Gasteiger partial charge in [0.1, 0.15) is 0 Å². The Labute approximate surface area is 139 Å². The molecule has 4 aliphatic rings. The first-order valence-corrected chi connectivity index (χ1v) is 13.1. The van der Waals surface area contributed by atoms with Crippen molar-refractivity contribution >= 4 is 18.2 Å². The van der Waals surface area contributed by atoms with E-state index >= 15 is 0 Å². The Hall–Kier alpha value is -0.382. The second-order valence-corrected chi connectivity index (χ2v) is 13.6. The molecule has 1 spiro atoms. The third kappa shape index (κ3) is 2.19. The molecule has 0 bridgehead atoms. The fourth-order valence-electron chi connectivity index (χ4n) is 4.61. The quantitative estimate of drug-likeness (QED) is 0.702. The van der Waals surface area contributed by atoms with Crippen molar-refractivity contribution in [1.82, 2.24) is 0 Å². The van der Waals surface area contributed by atoms with E-state index < -0.39 is 13.8 Å². The van der Waals surface area contributed by atoms with Crippen LogP contribution in [0.1, 0.15) is 51.4 Å². The summed E-state index contributed by atoms with van der Waals surface area (Å²) in [6, 6.07) is 10.3. The van der Waals surface area contributed by atoms with Crippen LogP contribution in [-0.2, 0) is 14.9 Å². The van der Waals surface area contributed by atoms with Gasteiger partial charge in [0.2, 0.25) is 0 Å². The summed E-state index contributed by atoms with van der Waals surface area (Å²) in [5.41, 5.74) is 0. The van der Waals surface area contributed by atoms with E-state index in [0.29, 0.717) is 0 Å². The SMILES string of the molecule is c1ccc([As]23(O[C@H]4CCCC[C@H]4O2)O[C@H]2CCCC[C@H]2O3)cc1. The molecule has 2 saturated heterocycles. The topological polar surface area (TPSA) is 36.9 Å². The molecule has 1 aromatic rings. The Kier molecular flexibility index (Phi) is 3.44. The Morgan fingerprint density at radius 2 is 1.00 bits per heavy atom. The van der Waals surface area contributed by atoms with Crippen molar-refractivity contribution in [3.05, 3.63) is 30.3 Å². The van der Waals surface area contributed by atoms with Crippen LogP contribution < -0.4 is 4.35 Å². The number of fused-ring (bicyclic) bond motifs is 2. The second kappa shape index (κ2) is 5.31. The first-order valence-electron chi connectivity index (χ1n) is 9.11. The van der Waals surface area contributed by atoms with Crippen molar-refractivity contribution in [3.63, 3.8) is 0 Å². The third-order valence-electron chi connectivity index (χ3n) is 5.73. The van der Waals surface area contributed by atoms with Crippen LogP contribution in [0.4, 0.5) is 0 Å². The van der Waals surface area contributed by atoms with Gasteiger partial charge in [0.05, 0.1) is 0 Å². The van der Waals surface area contributed by atoms with Gasteiger partial charge in [-0.1, -0.05) is 0 Å².